The predicted octanol–water partition coefficient (Wildman–Crippen LogP) is 0.159. The third-order valence-corrected chi connectivity index (χ3v) is 5.61. The van der Waals surface area contributed by atoms with Gasteiger partial charge in [-0.3, -0.25) is 4.79 Å². The number of methoxy groups -OCH3 is 2. The molecule has 3 aromatic rings. The molecular formula is C23H22O13. The van der Waals surface area contributed by atoms with Gasteiger partial charge in [-0.25, -0.2) is 4.79 Å². The molecule has 0 bridgehead atoms. The highest BCUT2D eigenvalue weighted by molar-refractivity contribution is 5.86. The quantitative estimate of drug-likeness (QED) is 0.264. The number of phenols is 2. The molecular weight excluding hydrogens is 484 g/mol. The average molecular weight is 506 g/mol. The third kappa shape index (κ3) is 4.35. The number of ether oxygens (including phenoxy) is 4. The minimum absolute atomic E-state index is 0.0130. The molecule has 13 heteroatoms. The summed E-state index contributed by atoms with van der Waals surface area (Å²) < 4.78 is 26.5. The lowest BCUT2D eigenvalue weighted by Gasteiger charge is -2.38. The molecule has 0 aliphatic carbocycles. The maximum Gasteiger partial charge on any atom is 0.335 e. The molecule has 192 valence electrons. The van der Waals surface area contributed by atoms with Gasteiger partial charge in [0.25, 0.3) is 0 Å². The highest BCUT2D eigenvalue weighted by atomic mass is 16.7. The van der Waals surface area contributed by atoms with Crippen LogP contribution in [0.1, 0.15) is 0 Å². The van der Waals surface area contributed by atoms with Crippen LogP contribution in [0.5, 0.6) is 28.7 Å². The van der Waals surface area contributed by atoms with Crippen LogP contribution in [0.3, 0.4) is 0 Å². The van der Waals surface area contributed by atoms with Gasteiger partial charge in [0.1, 0.15) is 46.5 Å². The maximum absolute atomic E-state index is 12.8. The van der Waals surface area contributed by atoms with Crippen molar-refractivity contribution >= 4 is 16.9 Å². The molecule has 1 fully saturated rings. The fourth-order valence-electron chi connectivity index (χ4n) is 3.77. The van der Waals surface area contributed by atoms with Gasteiger partial charge < -0.3 is 54.0 Å². The van der Waals surface area contributed by atoms with Crippen molar-refractivity contribution in [2.24, 2.45) is 0 Å². The lowest BCUT2D eigenvalue weighted by atomic mass is 9.99. The molecule has 1 aliphatic rings. The van der Waals surface area contributed by atoms with Gasteiger partial charge in [0.05, 0.1) is 14.2 Å². The smallest absolute Gasteiger partial charge is 0.335 e. The number of hydrogen-bond acceptors (Lipinski definition) is 12. The summed E-state index contributed by atoms with van der Waals surface area (Å²) in [5.74, 6) is -2.52. The lowest BCUT2D eigenvalue weighted by molar-refractivity contribution is -0.271. The molecule has 2 aromatic carbocycles. The van der Waals surface area contributed by atoms with Crippen molar-refractivity contribution < 1.29 is 58.8 Å². The van der Waals surface area contributed by atoms with Crippen LogP contribution in [-0.4, -0.2) is 81.5 Å². The van der Waals surface area contributed by atoms with Gasteiger partial charge in [-0.15, -0.1) is 0 Å². The summed E-state index contributed by atoms with van der Waals surface area (Å²) in [6.07, 6.45) is -9.30. The minimum Gasteiger partial charge on any atom is -0.507 e. The van der Waals surface area contributed by atoms with Crippen molar-refractivity contribution in [2.45, 2.75) is 30.7 Å². The van der Waals surface area contributed by atoms with E-state index in [1.807, 2.05) is 0 Å². The van der Waals surface area contributed by atoms with E-state index in [0.717, 1.165) is 12.1 Å². The number of hydrogen-bond donors (Lipinski definition) is 6. The second kappa shape index (κ2) is 9.54. The van der Waals surface area contributed by atoms with E-state index in [-0.39, 0.29) is 39.7 Å². The van der Waals surface area contributed by atoms with E-state index < -0.39 is 47.9 Å². The summed E-state index contributed by atoms with van der Waals surface area (Å²) in [6, 6.07) is 6.09. The molecule has 13 nitrogen and oxygen atoms in total. The van der Waals surface area contributed by atoms with Crippen molar-refractivity contribution in [3.63, 3.8) is 0 Å². The number of benzene rings is 2. The Balaban J connectivity index is 1.76. The largest absolute Gasteiger partial charge is 0.507 e. The molecule has 1 saturated heterocycles. The number of aromatic hydroxyl groups is 2. The van der Waals surface area contributed by atoms with Gasteiger partial charge in [-0.05, 0) is 12.1 Å². The molecule has 2 heterocycles. The van der Waals surface area contributed by atoms with Gasteiger partial charge >= 0.3 is 5.97 Å². The molecule has 0 saturated carbocycles. The van der Waals surface area contributed by atoms with Crippen LogP contribution in [0.25, 0.3) is 22.3 Å². The summed E-state index contributed by atoms with van der Waals surface area (Å²) in [7, 11) is 2.65. The Hall–Kier alpha value is -4.04. The van der Waals surface area contributed by atoms with Gasteiger partial charge in [0.2, 0.25) is 12.0 Å². The Kier molecular flexibility index (Phi) is 6.65. The summed E-state index contributed by atoms with van der Waals surface area (Å²) in [4.78, 5) is 24.1. The second-order valence-corrected chi connectivity index (χ2v) is 7.87. The fourth-order valence-corrected chi connectivity index (χ4v) is 3.77. The molecule has 36 heavy (non-hydrogen) atoms. The topological polar surface area (TPSA) is 206 Å². The zero-order chi connectivity index (χ0) is 26.3. The molecule has 5 atom stereocenters. The van der Waals surface area contributed by atoms with E-state index >= 15 is 0 Å². The summed E-state index contributed by atoms with van der Waals surface area (Å²) in [5, 5.41) is 59.5. The zero-order valence-electron chi connectivity index (χ0n) is 18.8. The van der Waals surface area contributed by atoms with Crippen LogP contribution in [0.4, 0.5) is 0 Å². The maximum atomic E-state index is 12.8. The van der Waals surface area contributed by atoms with E-state index in [2.05, 4.69) is 0 Å². The lowest BCUT2D eigenvalue weighted by Crippen LogP contribution is -2.61. The number of carboxylic acids is 1. The predicted molar refractivity (Wildman–Crippen MR) is 119 cm³/mol. The standard InChI is InChI=1S/C23H22O13/c1-32-14-3-8(4-15(33-2)17(14)26)12-7-11(25)16-10(24)5-9(6-13(16)35-12)34-23-20(29)18(27)19(28)21(36-23)22(30)31/h3-7,18-21,23-24,26-29H,1-2H3,(H,30,31)/t18-,19-,20+,21-,23?/m0/s1. The number of phenolic OH excluding ortho intramolecular Hbond substituents is 2. The van der Waals surface area contributed by atoms with Crippen molar-refractivity contribution in [3.8, 4) is 40.1 Å². The van der Waals surface area contributed by atoms with Gasteiger partial charge in [0, 0.05) is 23.8 Å². The van der Waals surface area contributed by atoms with E-state index in [4.69, 9.17) is 23.4 Å². The van der Waals surface area contributed by atoms with Crippen LogP contribution in [0, 0.1) is 0 Å². The van der Waals surface area contributed by atoms with Crippen LogP contribution < -0.4 is 19.6 Å². The number of aliphatic hydroxyl groups excluding tert-OH is 3. The number of aliphatic carboxylic acids is 1. The van der Waals surface area contributed by atoms with E-state index in [1.54, 1.807) is 0 Å². The summed E-state index contributed by atoms with van der Waals surface area (Å²) >= 11 is 0. The number of aliphatic hydroxyl groups is 3. The van der Waals surface area contributed by atoms with Crippen LogP contribution in [0.15, 0.2) is 39.5 Å². The minimum atomic E-state index is -1.91. The Morgan fingerprint density at radius 3 is 2.14 bits per heavy atom. The Morgan fingerprint density at radius 2 is 1.56 bits per heavy atom. The number of carboxylic acid groups (broad SMARTS) is 1. The monoisotopic (exact) mass is 506 g/mol. The first-order valence-electron chi connectivity index (χ1n) is 10.4. The molecule has 6 N–H and O–H groups in total. The highest BCUT2D eigenvalue weighted by Gasteiger charge is 2.48. The van der Waals surface area contributed by atoms with Crippen molar-refractivity contribution in [1.29, 1.82) is 0 Å². The van der Waals surface area contributed by atoms with Gasteiger partial charge in [-0.2, -0.15) is 0 Å². The molecule has 0 radical (unpaired) electrons. The molecule has 1 aromatic heterocycles. The van der Waals surface area contributed by atoms with Crippen LogP contribution in [0.2, 0.25) is 0 Å². The molecule has 0 spiro atoms. The normalized spacial score (nSPS) is 23.9. The Bertz CT molecular complexity index is 1340. The van der Waals surface area contributed by atoms with E-state index in [0.29, 0.717) is 5.56 Å². The first-order valence-corrected chi connectivity index (χ1v) is 10.4. The average Bonchev–Trinajstić information content (AvgIpc) is 2.83. The zero-order valence-corrected chi connectivity index (χ0v) is 18.8. The van der Waals surface area contributed by atoms with Gasteiger partial charge in [-0.1, -0.05) is 0 Å². The van der Waals surface area contributed by atoms with Gasteiger partial charge in [0.15, 0.2) is 23.0 Å². The number of carbonyl (C=O) groups is 1. The van der Waals surface area contributed by atoms with E-state index in [1.165, 1.54) is 32.4 Å². The molecule has 1 aliphatic heterocycles. The van der Waals surface area contributed by atoms with Crippen molar-refractivity contribution in [2.75, 3.05) is 14.2 Å². The molecule has 1 unspecified atom stereocenters. The van der Waals surface area contributed by atoms with E-state index in [9.17, 15) is 40.2 Å². The van der Waals surface area contributed by atoms with Crippen molar-refractivity contribution in [1.82, 2.24) is 0 Å². The summed E-state index contributed by atoms with van der Waals surface area (Å²) in [5.41, 5.74) is -0.488. The highest BCUT2D eigenvalue weighted by Crippen LogP contribution is 2.41. The SMILES string of the molecule is COc1cc(-c2cc(=O)c3c(O)cc(OC4O[C@H](C(=O)O)[C@@H](O)[C@H](O)[C@H]4O)cc3o2)cc(OC)c1O. The number of fused-ring (bicyclic) bond motifs is 1. The first kappa shape index (κ1) is 25.1. The van der Waals surface area contributed by atoms with Crippen molar-refractivity contribution in [3.05, 3.63) is 40.6 Å². The van der Waals surface area contributed by atoms with Crippen LogP contribution >= 0.6 is 0 Å². The Labute approximate surface area is 201 Å². The van der Waals surface area contributed by atoms with Crippen LogP contribution in [-0.2, 0) is 9.53 Å². The second-order valence-electron chi connectivity index (χ2n) is 7.87. The molecule has 4 rings (SSSR count). The summed E-state index contributed by atoms with van der Waals surface area (Å²) in [6.45, 7) is 0. The third-order valence-electron chi connectivity index (χ3n) is 5.61. The Morgan fingerprint density at radius 1 is 0.917 bits per heavy atom. The molecule has 0 amide bonds. The first-order chi connectivity index (χ1) is 17.0. The fraction of sp³-hybridized carbons (Fsp3) is 0.304. The number of rotatable bonds is 6.